The van der Waals surface area contributed by atoms with Gasteiger partial charge in [0.1, 0.15) is 0 Å². The Morgan fingerprint density at radius 1 is 1.40 bits per heavy atom. The number of rotatable bonds is 0. The molecule has 0 aliphatic heterocycles. The predicted octanol–water partition coefficient (Wildman–Crippen LogP) is -0.680. The van der Waals surface area contributed by atoms with Gasteiger partial charge in [0.25, 0.3) is 0 Å². The van der Waals surface area contributed by atoms with E-state index < -0.39 is 0 Å². The molecule has 0 radical (unpaired) electrons. The summed E-state index contributed by atoms with van der Waals surface area (Å²) in [6, 6.07) is 4.93. The quantitative estimate of drug-likeness (QED) is 0.322. The molecule has 0 aliphatic carbocycles. The molecule has 0 N–H and O–H groups in total. The van der Waals surface area contributed by atoms with Crippen LogP contribution in [0.5, 0.6) is 0 Å². The van der Waals surface area contributed by atoms with E-state index in [4.69, 9.17) is 0 Å². The van der Waals surface area contributed by atoms with Crippen LogP contribution in [0.25, 0.3) is 0 Å². The summed E-state index contributed by atoms with van der Waals surface area (Å²) in [6.07, 6.45) is 0. The summed E-state index contributed by atoms with van der Waals surface area (Å²) >= 11 is 0. The molecular formula is C8H8FLi. The first kappa shape index (κ1) is 9.62. The number of aryl methyl sites for hydroxylation is 1. The summed E-state index contributed by atoms with van der Waals surface area (Å²) < 4.78 is 12.5. The van der Waals surface area contributed by atoms with Crippen molar-refractivity contribution in [2.45, 2.75) is 6.92 Å². The largest absolute Gasteiger partial charge is 1.00 e. The van der Waals surface area contributed by atoms with Crippen LogP contribution in [-0.4, -0.2) is 0 Å². The molecule has 0 saturated carbocycles. The van der Waals surface area contributed by atoms with Crippen molar-refractivity contribution < 1.29 is 23.3 Å². The molecule has 48 valence electrons. The van der Waals surface area contributed by atoms with E-state index in [0.29, 0.717) is 5.56 Å². The van der Waals surface area contributed by atoms with Crippen LogP contribution in [0.1, 0.15) is 11.1 Å². The fraction of sp³-hybridized carbons (Fsp3) is 0.125. The normalized spacial score (nSPS) is 8.60. The fourth-order valence-electron chi connectivity index (χ4n) is 0.666. The number of halogens is 1. The second kappa shape index (κ2) is 3.70. The van der Waals surface area contributed by atoms with Crippen molar-refractivity contribution in [3.8, 4) is 0 Å². The maximum Gasteiger partial charge on any atom is 1.00 e. The first-order chi connectivity index (χ1) is 4.22. The molecule has 0 amide bonds. The molecule has 0 aromatic heterocycles. The summed E-state index contributed by atoms with van der Waals surface area (Å²) in [6.45, 7) is 5.38. The average molecular weight is 130 g/mol. The molecule has 1 aromatic rings. The Hall–Kier alpha value is -0.383. The maximum atomic E-state index is 12.5. The van der Waals surface area contributed by atoms with Crippen LogP contribution in [0.4, 0.5) is 4.39 Å². The molecule has 0 unspecified atom stereocenters. The van der Waals surface area contributed by atoms with Crippen molar-refractivity contribution in [1.82, 2.24) is 0 Å². The summed E-state index contributed by atoms with van der Waals surface area (Å²) in [5.74, 6) is -0.227. The first-order valence-electron chi connectivity index (χ1n) is 2.79. The Labute approximate surface area is 72.6 Å². The zero-order chi connectivity index (χ0) is 6.85. The van der Waals surface area contributed by atoms with E-state index in [1.807, 2.05) is 13.0 Å². The van der Waals surface area contributed by atoms with Gasteiger partial charge in [0.15, 0.2) is 0 Å². The minimum atomic E-state index is -0.227. The van der Waals surface area contributed by atoms with Crippen molar-refractivity contribution in [2.24, 2.45) is 0 Å². The predicted molar refractivity (Wildman–Crippen MR) is 35.6 cm³/mol. The summed E-state index contributed by atoms with van der Waals surface area (Å²) in [4.78, 5) is 0. The number of hydrogen-bond donors (Lipinski definition) is 0. The smallest absolute Gasteiger partial charge is 0.284 e. The molecule has 0 atom stereocenters. The summed E-state index contributed by atoms with van der Waals surface area (Å²) in [5, 5.41) is 0. The van der Waals surface area contributed by atoms with Gasteiger partial charge < -0.3 is 0 Å². The van der Waals surface area contributed by atoms with Crippen molar-refractivity contribution >= 4 is 0 Å². The van der Waals surface area contributed by atoms with E-state index in [1.165, 1.54) is 6.07 Å². The molecular weight excluding hydrogens is 122 g/mol. The van der Waals surface area contributed by atoms with Crippen molar-refractivity contribution in [1.29, 1.82) is 0 Å². The number of benzene rings is 1. The molecule has 0 fully saturated rings. The Morgan fingerprint density at radius 2 is 2.00 bits per heavy atom. The van der Waals surface area contributed by atoms with Crippen molar-refractivity contribution in [3.05, 3.63) is 42.1 Å². The third-order valence-corrected chi connectivity index (χ3v) is 1.35. The standard InChI is InChI=1S/C8H8F.Li/c1-6-4-3-5-8(9)7(6)2;/h3-5H,2H2,1H3;/q-1;+1. The van der Waals surface area contributed by atoms with Gasteiger partial charge in [-0.3, -0.25) is 4.39 Å². The topological polar surface area (TPSA) is 0 Å². The van der Waals surface area contributed by atoms with E-state index >= 15 is 0 Å². The van der Waals surface area contributed by atoms with Crippen LogP contribution < -0.4 is 18.9 Å². The Morgan fingerprint density at radius 3 is 2.40 bits per heavy atom. The minimum absolute atomic E-state index is 0. The zero-order valence-corrected chi connectivity index (χ0v) is 6.32. The van der Waals surface area contributed by atoms with Crippen LogP contribution in [-0.2, 0) is 0 Å². The molecule has 0 bridgehead atoms. The van der Waals surface area contributed by atoms with E-state index in [-0.39, 0.29) is 24.7 Å². The fourth-order valence-corrected chi connectivity index (χ4v) is 0.666. The van der Waals surface area contributed by atoms with Gasteiger partial charge in [-0.05, 0) is 0 Å². The van der Waals surface area contributed by atoms with Crippen LogP contribution in [0.15, 0.2) is 18.2 Å². The Balaban J connectivity index is 0.000000810. The van der Waals surface area contributed by atoms with Crippen LogP contribution in [0.3, 0.4) is 0 Å². The SMILES string of the molecule is [CH2-]c1c(C)cccc1F.[Li+]. The van der Waals surface area contributed by atoms with Gasteiger partial charge in [0.05, 0.1) is 0 Å². The molecule has 2 heteroatoms. The van der Waals surface area contributed by atoms with Crippen molar-refractivity contribution in [3.63, 3.8) is 0 Å². The maximum absolute atomic E-state index is 12.5. The average Bonchev–Trinajstić information content (AvgIpc) is 1.83. The summed E-state index contributed by atoms with van der Waals surface area (Å²) in [5.41, 5.74) is 1.40. The molecule has 10 heavy (non-hydrogen) atoms. The van der Waals surface area contributed by atoms with E-state index in [0.717, 1.165) is 5.56 Å². The second-order valence-corrected chi connectivity index (χ2v) is 2.04. The third kappa shape index (κ3) is 1.80. The Kier molecular flexibility index (Phi) is 3.56. The molecule has 0 spiro atoms. The third-order valence-electron chi connectivity index (χ3n) is 1.35. The number of hydrogen-bond acceptors (Lipinski definition) is 0. The zero-order valence-electron chi connectivity index (χ0n) is 6.32. The molecule has 1 rings (SSSR count). The van der Waals surface area contributed by atoms with Gasteiger partial charge in [0.2, 0.25) is 0 Å². The van der Waals surface area contributed by atoms with Crippen LogP contribution in [0, 0.1) is 19.7 Å². The van der Waals surface area contributed by atoms with E-state index in [9.17, 15) is 4.39 Å². The molecule has 0 heterocycles. The first-order valence-corrected chi connectivity index (χ1v) is 2.79. The van der Waals surface area contributed by atoms with Gasteiger partial charge in [0, 0.05) is 5.82 Å². The summed E-state index contributed by atoms with van der Waals surface area (Å²) in [7, 11) is 0. The van der Waals surface area contributed by atoms with Gasteiger partial charge in [-0.1, -0.05) is 19.1 Å². The van der Waals surface area contributed by atoms with Gasteiger partial charge in [-0.2, -0.15) is 12.5 Å². The minimum Gasteiger partial charge on any atom is -0.284 e. The van der Waals surface area contributed by atoms with Gasteiger partial charge >= 0.3 is 18.9 Å². The second-order valence-electron chi connectivity index (χ2n) is 2.04. The van der Waals surface area contributed by atoms with Gasteiger partial charge in [-0.25, -0.2) is 0 Å². The monoisotopic (exact) mass is 130 g/mol. The molecule has 1 aromatic carbocycles. The van der Waals surface area contributed by atoms with Crippen LogP contribution >= 0.6 is 0 Å². The molecule has 0 aliphatic rings. The molecule has 0 saturated heterocycles. The Bertz CT molecular complexity index is 200. The van der Waals surface area contributed by atoms with E-state index in [2.05, 4.69) is 6.92 Å². The molecule has 0 nitrogen and oxygen atoms in total. The van der Waals surface area contributed by atoms with Crippen LogP contribution in [0.2, 0.25) is 0 Å². The van der Waals surface area contributed by atoms with Gasteiger partial charge in [-0.15, -0.1) is 11.6 Å². The van der Waals surface area contributed by atoms with Crippen molar-refractivity contribution in [2.75, 3.05) is 0 Å². The van der Waals surface area contributed by atoms with E-state index in [1.54, 1.807) is 6.07 Å².